The van der Waals surface area contributed by atoms with Gasteiger partial charge in [0.05, 0.1) is 0 Å². The molecule has 0 aliphatic carbocycles. The minimum absolute atomic E-state index is 0.186. The number of aryl methyl sites for hydroxylation is 1. The Morgan fingerprint density at radius 1 is 1.22 bits per heavy atom. The number of piperidine rings is 1. The Labute approximate surface area is 159 Å². The summed E-state index contributed by atoms with van der Waals surface area (Å²) in [5, 5.41) is 9.52. The second kappa shape index (κ2) is 7.96. The first-order valence-electron chi connectivity index (χ1n) is 9.42. The number of H-pyrrole nitrogens is 1. The molecule has 1 aromatic heterocycles. The van der Waals surface area contributed by atoms with Gasteiger partial charge in [0.15, 0.2) is 0 Å². The summed E-state index contributed by atoms with van der Waals surface area (Å²) in [6.07, 6.45) is 4.52. The van der Waals surface area contributed by atoms with Crippen LogP contribution in [0, 0.1) is 0 Å². The maximum atomic E-state index is 12.1. The highest BCUT2D eigenvalue weighted by atomic mass is 16.4. The molecule has 2 N–H and O–H groups in total. The molecule has 0 saturated carbocycles. The van der Waals surface area contributed by atoms with E-state index in [1.165, 1.54) is 0 Å². The monoisotopic (exact) mass is 369 g/mol. The van der Waals surface area contributed by atoms with Crippen LogP contribution in [0.5, 0.6) is 0 Å². The summed E-state index contributed by atoms with van der Waals surface area (Å²) in [6, 6.07) is 8.53. The third-order valence-electron chi connectivity index (χ3n) is 5.49. The fraction of sp³-hybridized carbons (Fsp3) is 0.429. The molecule has 27 heavy (non-hydrogen) atoms. The average molecular weight is 369 g/mol. The van der Waals surface area contributed by atoms with Crippen LogP contribution < -0.4 is 10.5 Å². The zero-order valence-corrected chi connectivity index (χ0v) is 16.2. The highest BCUT2D eigenvalue weighted by Gasteiger charge is 2.22. The first kappa shape index (κ1) is 19.2. The van der Waals surface area contributed by atoms with Crippen LogP contribution in [0.25, 0.3) is 11.1 Å². The molecule has 0 bridgehead atoms. The van der Waals surface area contributed by atoms with Gasteiger partial charge in [-0.15, -0.1) is 0 Å². The molecule has 1 saturated heterocycles. The Bertz CT molecular complexity index is 863. The molecule has 6 nitrogen and oxygen atoms in total. The number of aromatic amines is 1. The number of hydrogen-bond acceptors (Lipinski definition) is 4. The van der Waals surface area contributed by atoms with E-state index < -0.39 is 11.5 Å². The molecule has 2 aromatic rings. The number of benzene rings is 1. The lowest BCUT2D eigenvalue weighted by Gasteiger charge is -2.36. The molecule has 1 aliphatic heterocycles. The van der Waals surface area contributed by atoms with E-state index in [9.17, 15) is 14.7 Å². The van der Waals surface area contributed by atoms with Gasteiger partial charge in [0.2, 0.25) is 0 Å². The van der Waals surface area contributed by atoms with Crippen molar-refractivity contribution in [3.8, 4) is 11.1 Å². The Balaban J connectivity index is 1.90. The van der Waals surface area contributed by atoms with Gasteiger partial charge in [0, 0.05) is 36.6 Å². The van der Waals surface area contributed by atoms with Crippen LogP contribution in [0.4, 0.5) is 5.69 Å². The highest BCUT2D eigenvalue weighted by molar-refractivity contribution is 5.96. The lowest BCUT2D eigenvalue weighted by molar-refractivity contribution is 0.0695. The largest absolute Gasteiger partial charge is 0.477 e. The number of aromatic carboxylic acids is 1. The number of nitrogens with one attached hydrogen (secondary N) is 1. The number of aromatic nitrogens is 1. The summed E-state index contributed by atoms with van der Waals surface area (Å²) in [5.41, 5.74) is 2.49. The van der Waals surface area contributed by atoms with E-state index in [1.807, 2.05) is 31.2 Å². The van der Waals surface area contributed by atoms with E-state index in [0.717, 1.165) is 42.7 Å². The quantitative estimate of drug-likeness (QED) is 0.848. The Morgan fingerprint density at radius 2 is 1.85 bits per heavy atom. The summed E-state index contributed by atoms with van der Waals surface area (Å²) in [7, 11) is 4.25. The zero-order chi connectivity index (χ0) is 19.6. The van der Waals surface area contributed by atoms with E-state index in [1.54, 1.807) is 6.20 Å². The lowest BCUT2D eigenvalue weighted by Crippen LogP contribution is -2.41. The van der Waals surface area contributed by atoms with E-state index in [-0.39, 0.29) is 5.56 Å². The smallest absolute Gasteiger partial charge is 0.341 e. The molecule has 0 atom stereocenters. The van der Waals surface area contributed by atoms with Crippen LogP contribution in [-0.4, -0.2) is 54.2 Å². The van der Waals surface area contributed by atoms with Crippen LogP contribution in [0.3, 0.4) is 0 Å². The molecular formula is C21H27N3O3. The van der Waals surface area contributed by atoms with E-state index in [2.05, 4.69) is 28.9 Å². The van der Waals surface area contributed by atoms with Crippen molar-refractivity contribution >= 4 is 11.7 Å². The molecule has 0 spiro atoms. The third-order valence-corrected chi connectivity index (χ3v) is 5.49. The summed E-state index contributed by atoms with van der Waals surface area (Å²) in [4.78, 5) is 30.9. The van der Waals surface area contributed by atoms with Crippen molar-refractivity contribution in [3.05, 3.63) is 51.9 Å². The molecule has 1 aromatic carbocycles. The second-order valence-corrected chi connectivity index (χ2v) is 7.28. The number of rotatable bonds is 5. The number of carbonyl (C=O) groups is 1. The van der Waals surface area contributed by atoms with Crippen molar-refractivity contribution in [2.45, 2.75) is 32.2 Å². The van der Waals surface area contributed by atoms with Gasteiger partial charge in [-0.25, -0.2) is 4.79 Å². The topological polar surface area (TPSA) is 76.6 Å². The molecule has 2 heterocycles. The van der Waals surface area contributed by atoms with Gasteiger partial charge in [-0.3, -0.25) is 4.79 Å². The number of nitrogens with zero attached hydrogens (tertiary/aromatic N) is 2. The number of carboxylic acid groups (broad SMARTS) is 1. The molecule has 0 radical (unpaired) electrons. The first-order valence-corrected chi connectivity index (χ1v) is 9.42. The molecule has 1 fully saturated rings. The summed E-state index contributed by atoms with van der Waals surface area (Å²) >= 11 is 0. The van der Waals surface area contributed by atoms with Gasteiger partial charge in [-0.05, 0) is 56.6 Å². The van der Waals surface area contributed by atoms with Gasteiger partial charge in [0.1, 0.15) is 5.56 Å². The Kier molecular flexibility index (Phi) is 5.65. The summed E-state index contributed by atoms with van der Waals surface area (Å²) in [6.45, 7) is 3.97. The van der Waals surface area contributed by atoms with Crippen LogP contribution in [-0.2, 0) is 6.42 Å². The predicted molar refractivity (Wildman–Crippen MR) is 108 cm³/mol. The van der Waals surface area contributed by atoms with Gasteiger partial charge in [-0.1, -0.05) is 19.1 Å². The lowest BCUT2D eigenvalue weighted by atomic mass is 9.94. The predicted octanol–water partition coefficient (Wildman–Crippen LogP) is 2.83. The van der Waals surface area contributed by atoms with E-state index in [4.69, 9.17) is 0 Å². The standard InChI is InChI=1S/C21H27N3O3/c1-4-14-13-22-20(25)19(21(26)27)18(14)15-5-7-17(8-6-15)24-11-9-16(10-12-24)23(2)3/h5-8,13,16H,4,9-12H2,1-3H3,(H,22,25)(H,26,27). The van der Waals surface area contributed by atoms with Crippen molar-refractivity contribution in [3.63, 3.8) is 0 Å². The first-order chi connectivity index (χ1) is 12.9. The molecule has 6 heteroatoms. The molecule has 144 valence electrons. The number of anilines is 1. The molecule has 1 aliphatic rings. The van der Waals surface area contributed by atoms with Gasteiger partial charge in [0.25, 0.3) is 5.56 Å². The van der Waals surface area contributed by atoms with E-state index in [0.29, 0.717) is 18.0 Å². The number of hydrogen-bond donors (Lipinski definition) is 2. The molecule has 3 rings (SSSR count). The average Bonchev–Trinajstić information content (AvgIpc) is 2.67. The van der Waals surface area contributed by atoms with Gasteiger partial charge in [-0.2, -0.15) is 0 Å². The van der Waals surface area contributed by atoms with Crippen molar-refractivity contribution in [2.75, 3.05) is 32.1 Å². The fourth-order valence-corrected chi connectivity index (χ4v) is 3.86. The number of pyridine rings is 1. The van der Waals surface area contributed by atoms with Crippen molar-refractivity contribution in [1.29, 1.82) is 0 Å². The van der Waals surface area contributed by atoms with Gasteiger partial charge >= 0.3 is 5.97 Å². The SMILES string of the molecule is CCc1c[nH]c(=O)c(C(=O)O)c1-c1ccc(N2CCC(N(C)C)CC2)cc1. The molecule has 0 unspecified atom stereocenters. The normalized spacial score (nSPS) is 15.3. The van der Waals surface area contributed by atoms with Gasteiger partial charge < -0.3 is 19.9 Å². The molecular weight excluding hydrogens is 342 g/mol. The van der Waals surface area contributed by atoms with Crippen LogP contribution >= 0.6 is 0 Å². The van der Waals surface area contributed by atoms with Crippen LogP contribution in [0.2, 0.25) is 0 Å². The third kappa shape index (κ3) is 3.90. The minimum Gasteiger partial charge on any atom is -0.477 e. The van der Waals surface area contributed by atoms with Crippen molar-refractivity contribution in [2.24, 2.45) is 0 Å². The fourth-order valence-electron chi connectivity index (χ4n) is 3.86. The highest BCUT2D eigenvalue weighted by Crippen LogP contribution is 2.29. The van der Waals surface area contributed by atoms with Crippen LogP contribution in [0.15, 0.2) is 35.3 Å². The van der Waals surface area contributed by atoms with Crippen molar-refractivity contribution in [1.82, 2.24) is 9.88 Å². The van der Waals surface area contributed by atoms with E-state index >= 15 is 0 Å². The van der Waals surface area contributed by atoms with Crippen molar-refractivity contribution < 1.29 is 9.90 Å². The molecule has 0 amide bonds. The minimum atomic E-state index is -1.20. The Morgan fingerprint density at radius 3 is 2.37 bits per heavy atom. The summed E-state index contributed by atoms with van der Waals surface area (Å²) < 4.78 is 0. The second-order valence-electron chi connectivity index (χ2n) is 7.28. The summed E-state index contributed by atoms with van der Waals surface area (Å²) in [5.74, 6) is -1.20. The number of carboxylic acids is 1. The Hall–Kier alpha value is -2.60. The van der Waals surface area contributed by atoms with Crippen LogP contribution in [0.1, 0.15) is 35.7 Å². The zero-order valence-electron chi connectivity index (χ0n) is 16.2. The maximum absolute atomic E-state index is 12.1. The maximum Gasteiger partial charge on any atom is 0.341 e.